The van der Waals surface area contributed by atoms with E-state index in [1.807, 2.05) is 30.3 Å². The van der Waals surface area contributed by atoms with Crippen LogP contribution in [0.4, 0.5) is 5.69 Å². The summed E-state index contributed by atoms with van der Waals surface area (Å²) in [6.45, 7) is 0.343. The maximum absolute atomic E-state index is 11.1. The van der Waals surface area contributed by atoms with Gasteiger partial charge in [-0.25, -0.2) is 13.6 Å². The molecule has 108 valence electrons. The minimum atomic E-state index is -3.80. The van der Waals surface area contributed by atoms with Crippen molar-refractivity contribution in [3.05, 3.63) is 54.4 Å². The number of primary sulfonamides is 1. The predicted molar refractivity (Wildman–Crippen MR) is 79.2 cm³/mol. The fourth-order valence-electron chi connectivity index (χ4n) is 1.96. The Morgan fingerprint density at radius 3 is 2.76 bits per heavy atom. The topological polar surface area (TPSA) is 98.2 Å². The van der Waals surface area contributed by atoms with E-state index in [1.165, 1.54) is 6.07 Å². The van der Waals surface area contributed by atoms with Gasteiger partial charge < -0.3 is 9.73 Å². The standard InChI is InChI=1S/C14H13N3O3S/c15-21(18,19)14-6-5-12(20-14)9-16-11-7-10-3-1-2-4-13(10)17-8-11/h1-8,16H,9H2,(H2,15,18,19). The zero-order chi connectivity index (χ0) is 14.9. The molecule has 0 radical (unpaired) electrons. The van der Waals surface area contributed by atoms with Crippen LogP contribution in [-0.2, 0) is 16.6 Å². The van der Waals surface area contributed by atoms with Crippen LogP contribution in [0.2, 0.25) is 0 Å². The number of furan rings is 1. The number of benzene rings is 1. The van der Waals surface area contributed by atoms with Gasteiger partial charge in [0.1, 0.15) is 5.76 Å². The van der Waals surface area contributed by atoms with Crippen molar-refractivity contribution in [3.63, 3.8) is 0 Å². The smallest absolute Gasteiger partial charge is 0.271 e. The Balaban J connectivity index is 1.75. The normalized spacial score (nSPS) is 11.7. The summed E-state index contributed by atoms with van der Waals surface area (Å²) in [6, 6.07) is 12.7. The molecule has 1 aromatic carbocycles. The Bertz CT molecular complexity index is 887. The van der Waals surface area contributed by atoms with Gasteiger partial charge in [-0.1, -0.05) is 18.2 Å². The van der Waals surface area contributed by atoms with Crippen LogP contribution < -0.4 is 10.5 Å². The Morgan fingerprint density at radius 2 is 2.00 bits per heavy atom. The molecule has 3 aromatic rings. The number of anilines is 1. The minimum Gasteiger partial charge on any atom is -0.446 e. The van der Waals surface area contributed by atoms with Gasteiger partial charge in [0.25, 0.3) is 10.0 Å². The van der Waals surface area contributed by atoms with Crippen LogP contribution in [0, 0.1) is 0 Å². The number of nitrogens with two attached hydrogens (primary N) is 1. The minimum absolute atomic E-state index is 0.240. The molecule has 0 unspecified atom stereocenters. The second-order valence-corrected chi connectivity index (χ2v) is 6.03. The van der Waals surface area contributed by atoms with Crippen LogP contribution in [0.15, 0.2) is 58.2 Å². The van der Waals surface area contributed by atoms with Gasteiger partial charge in [-0.05, 0) is 24.3 Å². The van der Waals surface area contributed by atoms with Gasteiger partial charge in [0.05, 0.1) is 23.9 Å². The van der Waals surface area contributed by atoms with Crippen molar-refractivity contribution in [2.24, 2.45) is 5.14 Å². The number of fused-ring (bicyclic) bond motifs is 1. The van der Waals surface area contributed by atoms with Crippen molar-refractivity contribution < 1.29 is 12.8 Å². The third kappa shape index (κ3) is 3.04. The Morgan fingerprint density at radius 1 is 1.19 bits per heavy atom. The molecule has 0 spiro atoms. The van der Waals surface area contributed by atoms with Crippen LogP contribution in [0.25, 0.3) is 10.9 Å². The molecular formula is C14H13N3O3S. The number of nitrogens with one attached hydrogen (secondary N) is 1. The number of aromatic nitrogens is 1. The summed E-state index contributed by atoms with van der Waals surface area (Å²) in [7, 11) is -3.80. The van der Waals surface area contributed by atoms with Gasteiger partial charge >= 0.3 is 0 Å². The average molecular weight is 303 g/mol. The van der Waals surface area contributed by atoms with E-state index >= 15 is 0 Å². The molecule has 3 N–H and O–H groups in total. The van der Waals surface area contributed by atoms with Crippen LogP contribution >= 0.6 is 0 Å². The van der Waals surface area contributed by atoms with Crippen LogP contribution in [-0.4, -0.2) is 13.4 Å². The van der Waals surface area contributed by atoms with Crippen LogP contribution in [0.5, 0.6) is 0 Å². The lowest BCUT2D eigenvalue weighted by atomic mass is 10.2. The van der Waals surface area contributed by atoms with Gasteiger partial charge in [-0.2, -0.15) is 0 Å². The summed E-state index contributed by atoms with van der Waals surface area (Å²) < 4.78 is 27.4. The molecule has 21 heavy (non-hydrogen) atoms. The number of rotatable bonds is 4. The number of hydrogen-bond acceptors (Lipinski definition) is 5. The predicted octanol–water partition coefficient (Wildman–Crippen LogP) is 2.09. The molecule has 0 amide bonds. The zero-order valence-electron chi connectivity index (χ0n) is 11.0. The van der Waals surface area contributed by atoms with Crippen molar-refractivity contribution in [1.82, 2.24) is 4.98 Å². The van der Waals surface area contributed by atoms with E-state index in [2.05, 4.69) is 10.3 Å². The van der Waals surface area contributed by atoms with E-state index in [1.54, 1.807) is 12.3 Å². The average Bonchev–Trinajstić information content (AvgIpc) is 2.94. The summed E-state index contributed by atoms with van der Waals surface area (Å²) in [4.78, 5) is 4.33. The van der Waals surface area contributed by atoms with Crippen molar-refractivity contribution in [2.75, 3.05) is 5.32 Å². The molecule has 0 aliphatic rings. The number of sulfonamides is 1. The summed E-state index contributed by atoms with van der Waals surface area (Å²) >= 11 is 0. The van der Waals surface area contributed by atoms with E-state index < -0.39 is 10.0 Å². The number of pyridine rings is 1. The Kier molecular flexibility index (Phi) is 3.36. The Labute approximate surface area is 121 Å². The second-order valence-electron chi connectivity index (χ2n) is 4.54. The zero-order valence-corrected chi connectivity index (χ0v) is 11.8. The van der Waals surface area contributed by atoms with Gasteiger partial charge in [-0.15, -0.1) is 0 Å². The monoisotopic (exact) mass is 303 g/mol. The largest absolute Gasteiger partial charge is 0.446 e. The molecule has 0 atom stereocenters. The lowest BCUT2D eigenvalue weighted by Gasteiger charge is -2.05. The molecule has 0 bridgehead atoms. The molecule has 0 saturated carbocycles. The number of para-hydroxylation sites is 1. The van der Waals surface area contributed by atoms with Gasteiger partial charge in [0, 0.05) is 5.39 Å². The quantitative estimate of drug-likeness (QED) is 0.769. The molecule has 7 heteroatoms. The maximum Gasteiger partial charge on any atom is 0.271 e. The van der Waals surface area contributed by atoms with Crippen molar-refractivity contribution in [3.8, 4) is 0 Å². The Hall–Kier alpha value is -2.38. The van der Waals surface area contributed by atoms with E-state index in [9.17, 15) is 8.42 Å². The molecule has 2 aromatic heterocycles. The summed E-state index contributed by atoms with van der Waals surface area (Å²) in [5.74, 6) is 0.479. The van der Waals surface area contributed by atoms with Crippen LogP contribution in [0.1, 0.15) is 5.76 Å². The summed E-state index contributed by atoms with van der Waals surface area (Å²) in [6.07, 6.45) is 1.71. The van der Waals surface area contributed by atoms with E-state index in [-0.39, 0.29) is 5.09 Å². The summed E-state index contributed by atoms with van der Waals surface area (Å²) in [5.41, 5.74) is 1.74. The molecule has 0 fully saturated rings. The lowest BCUT2D eigenvalue weighted by Crippen LogP contribution is -2.10. The highest BCUT2D eigenvalue weighted by Crippen LogP contribution is 2.18. The fourth-order valence-corrected chi connectivity index (χ4v) is 2.44. The summed E-state index contributed by atoms with van der Waals surface area (Å²) in [5, 5.41) is 8.89. The molecule has 0 aliphatic heterocycles. The first-order valence-corrected chi connectivity index (χ1v) is 7.77. The first-order chi connectivity index (χ1) is 10.0. The van der Waals surface area contributed by atoms with Crippen LogP contribution in [0.3, 0.4) is 0 Å². The number of hydrogen-bond donors (Lipinski definition) is 2. The van der Waals surface area contributed by atoms with Gasteiger partial charge in [-0.3, -0.25) is 4.98 Å². The van der Waals surface area contributed by atoms with Crippen molar-refractivity contribution >= 4 is 26.6 Å². The van der Waals surface area contributed by atoms with Crippen molar-refractivity contribution in [1.29, 1.82) is 0 Å². The molecule has 0 saturated heterocycles. The third-order valence-corrected chi connectivity index (χ3v) is 3.75. The molecular weight excluding hydrogens is 290 g/mol. The molecule has 3 rings (SSSR count). The highest BCUT2D eigenvalue weighted by Gasteiger charge is 2.12. The highest BCUT2D eigenvalue weighted by atomic mass is 32.2. The SMILES string of the molecule is NS(=O)(=O)c1ccc(CNc2cnc3ccccc3c2)o1. The second kappa shape index (κ2) is 5.19. The fraction of sp³-hybridized carbons (Fsp3) is 0.0714. The lowest BCUT2D eigenvalue weighted by molar-refractivity contribution is 0.419. The first kappa shape index (κ1) is 13.6. The highest BCUT2D eigenvalue weighted by molar-refractivity contribution is 7.89. The van der Waals surface area contributed by atoms with E-state index in [0.29, 0.717) is 12.3 Å². The van der Waals surface area contributed by atoms with Gasteiger partial charge in [0.15, 0.2) is 0 Å². The third-order valence-electron chi connectivity index (χ3n) is 2.97. The van der Waals surface area contributed by atoms with E-state index in [0.717, 1.165) is 16.6 Å². The maximum atomic E-state index is 11.1. The van der Waals surface area contributed by atoms with Gasteiger partial charge in [0.2, 0.25) is 5.09 Å². The molecule has 0 aliphatic carbocycles. The van der Waals surface area contributed by atoms with Crippen molar-refractivity contribution in [2.45, 2.75) is 11.6 Å². The van der Waals surface area contributed by atoms with E-state index in [4.69, 9.17) is 9.56 Å². The molecule has 6 nitrogen and oxygen atoms in total. The molecule has 2 heterocycles. The first-order valence-electron chi connectivity index (χ1n) is 6.22. The number of nitrogens with zero attached hydrogens (tertiary/aromatic N) is 1.